The van der Waals surface area contributed by atoms with Crippen LogP contribution >= 0.6 is 23.1 Å². The number of rotatable bonds is 7. The maximum absolute atomic E-state index is 12.4. The van der Waals surface area contributed by atoms with Crippen molar-refractivity contribution in [2.75, 3.05) is 11.1 Å². The van der Waals surface area contributed by atoms with Gasteiger partial charge in [-0.3, -0.25) is 4.79 Å². The van der Waals surface area contributed by atoms with Gasteiger partial charge in [-0.05, 0) is 18.4 Å². The Morgan fingerprint density at radius 1 is 1.06 bits per heavy atom. The predicted octanol–water partition coefficient (Wildman–Crippen LogP) is 5.77. The van der Waals surface area contributed by atoms with Gasteiger partial charge in [-0.1, -0.05) is 79.7 Å². The first-order chi connectivity index (χ1) is 15.4. The molecule has 4 rings (SSSR count). The molecule has 0 fully saturated rings. The molecule has 1 amide bonds. The number of thiazole rings is 1. The molecule has 0 aliphatic heterocycles. The number of aromatic nitrogens is 4. The molecule has 32 heavy (non-hydrogen) atoms. The topological polar surface area (TPSA) is 72.7 Å². The van der Waals surface area contributed by atoms with E-state index >= 15 is 0 Å². The van der Waals surface area contributed by atoms with Gasteiger partial charge >= 0.3 is 0 Å². The number of carbonyl (C=O) groups is 1. The summed E-state index contributed by atoms with van der Waals surface area (Å²) in [6, 6.07) is 16.5. The largest absolute Gasteiger partial charge is 0.305 e. The molecule has 0 unspecified atom stereocenters. The van der Waals surface area contributed by atoms with E-state index in [2.05, 4.69) is 77.7 Å². The zero-order chi connectivity index (χ0) is 22.7. The fourth-order valence-corrected chi connectivity index (χ4v) is 4.63. The van der Waals surface area contributed by atoms with Gasteiger partial charge in [0.25, 0.3) is 0 Å². The van der Waals surface area contributed by atoms with E-state index in [0.717, 1.165) is 22.6 Å². The quantitative estimate of drug-likeness (QED) is 0.352. The lowest BCUT2D eigenvalue weighted by atomic mass is 10.0. The molecule has 6 nitrogen and oxygen atoms in total. The van der Waals surface area contributed by atoms with Crippen molar-refractivity contribution in [3.63, 3.8) is 0 Å². The number of benzene rings is 2. The lowest BCUT2D eigenvalue weighted by Crippen LogP contribution is -2.14. The van der Waals surface area contributed by atoms with Crippen molar-refractivity contribution < 1.29 is 4.79 Å². The number of carbonyl (C=O) groups excluding carboxylic acids is 1. The molecular formula is C24H25N5OS2. The fourth-order valence-electron chi connectivity index (χ4n) is 3.18. The van der Waals surface area contributed by atoms with Crippen molar-refractivity contribution >= 4 is 34.1 Å². The summed E-state index contributed by atoms with van der Waals surface area (Å²) in [5.41, 5.74) is 5.39. The summed E-state index contributed by atoms with van der Waals surface area (Å²) in [4.78, 5) is 17.0. The fraction of sp³-hybridized carbons (Fsp3) is 0.250. The summed E-state index contributed by atoms with van der Waals surface area (Å²) < 4.78 is 1.92. The monoisotopic (exact) mass is 463 g/mol. The average Bonchev–Trinajstić information content (AvgIpc) is 3.39. The van der Waals surface area contributed by atoms with Gasteiger partial charge in [-0.15, -0.1) is 21.5 Å². The Bertz CT molecular complexity index is 1210. The first kappa shape index (κ1) is 22.2. The van der Waals surface area contributed by atoms with E-state index in [1.807, 2.05) is 29.1 Å². The molecule has 4 aromatic rings. The number of amides is 1. The van der Waals surface area contributed by atoms with Crippen molar-refractivity contribution in [1.82, 2.24) is 19.7 Å². The summed E-state index contributed by atoms with van der Waals surface area (Å²) in [5.74, 6) is 1.38. The zero-order valence-corrected chi connectivity index (χ0v) is 20.1. The van der Waals surface area contributed by atoms with Crippen LogP contribution in [0.5, 0.6) is 0 Å². The molecule has 0 aliphatic rings. The molecule has 0 radical (unpaired) electrons. The smallest absolute Gasteiger partial charge is 0.236 e. The molecule has 0 aliphatic carbocycles. The first-order valence-electron chi connectivity index (χ1n) is 10.4. The highest BCUT2D eigenvalue weighted by Gasteiger charge is 2.14. The molecule has 2 aromatic heterocycles. The highest BCUT2D eigenvalue weighted by atomic mass is 32.2. The van der Waals surface area contributed by atoms with E-state index in [9.17, 15) is 4.79 Å². The third-order valence-corrected chi connectivity index (χ3v) is 6.88. The molecule has 2 aromatic carbocycles. The minimum absolute atomic E-state index is 0.120. The number of hydrogen-bond acceptors (Lipinski definition) is 6. The molecule has 1 N–H and O–H groups in total. The highest BCUT2D eigenvalue weighted by Crippen LogP contribution is 2.27. The first-order valence-corrected chi connectivity index (χ1v) is 12.2. The lowest BCUT2D eigenvalue weighted by Gasteiger charge is -2.07. The lowest BCUT2D eigenvalue weighted by molar-refractivity contribution is -0.113. The van der Waals surface area contributed by atoms with Crippen LogP contribution in [0.4, 0.5) is 5.13 Å². The summed E-state index contributed by atoms with van der Waals surface area (Å²) in [6.45, 7) is 6.40. The molecule has 0 saturated carbocycles. The van der Waals surface area contributed by atoms with Crippen molar-refractivity contribution in [2.45, 2.75) is 31.8 Å². The van der Waals surface area contributed by atoms with Crippen LogP contribution in [0, 0.1) is 6.92 Å². The van der Waals surface area contributed by atoms with Gasteiger partial charge in [0.2, 0.25) is 5.91 Å². The molecule has 0 saturated heterocycles. The van der Waals surface area contributed by atoms with Gasteiger partial charge in [0.15, 0.2) is 16.1 Å². The van der Waals surface area contributed by atoms with E-state index in [0.29, 0.717) is 16.2 Å². The molecule has 8 heteroatoms. The van der Waals surface area contributed by atoms with Crippen LogP contribution in [0.25, 0.3) is 22.6 Å². The van der Waals surface area contributed by atoms with E-state index in [1.54, 1.807) is 0 Å². The second-order valence-electron chi connectivity index (χ2n) is 7.88. The number of nitrogens with zero attached hydrogens (tertiary/aromatic N) is 4. The molecule has 0 atom stereocenters. The van der Waals surface area contributed by atoms with Gasteiger partial charge in [0, 0.05) is 23.6 Å². The van der Waals surface area contributed by atoms with Gasteiger partial charge < -0.3 is 9.88 Å². The Morgan fingerprint density at radius 3 is 2.44 bits per heavy atom. The minimum atomic E-state index is -0.120. The van der Waals surface area contributed by atoms with E-state index < -0.39 is 0 Å². The van der Waals surface area contributed by atoms with Crippen LogP contribution in [0.1, 0.15) is 30.9 Å². The molecule has 164 valence electrons. The van der Waals surface area contributed by atoms with Crippen LogP contribution in [-0.2, 0) is 11.8 Å². The minimum Gasteiger partial charge on any atom is -0.305 e. The van der Waals surface area contributed by atoms with Crippen molar-refractivity contribution in [3.05, 3.63) is 65.0 Å². The average molecular weight is 464 g/mol. The third kappa shape index (κ3) is 5.08. The molecular weight excluding hydrogens is 438 g/mol. The number of aryl methyl sites for hydroxylation is 1. The molecule has 0 spiro atoms. The maximum Gasteiger partial charge on any atom is 0.236 e. The normalized spacial score (nSPS) is 11.2. The Balaban J connectivity index is 1.36. The predicted molar refractivity (Wildman–Crippen MR) is 132 cm³/mol. The van der Waals surface area contributed by atoms with E-state index in [-0.39, 0.29) is 11.7 Å². The number of hydrogen-bond donors (Lipinski definition) is 1. The van der Waals surface area contributed by atoms with Crippen LogP contribution in [-0.4, -0.2) is 31.4 Å². The van der Waals surface area contributed by atoms with Crippen molar-refractivity contribution in [3.8, 4) is 22.6 Å². The van der Waals surface area contributed by atoms with Gasteiger partial charge in [0.05, 0.1) is 11.4 Å². The van der Waals surface area contributed by atoms with Crippen LogP contribution < -0.4 is 5.32 Å². The van der Waals surface area contributed by atoms with E-state index in [1.165, 1.54) is 34.2 Å². The van der Waals surface area contributed by atoms with Crippen LogP contribution in [0.15, 0.2) is 59.1 Å². The highest BCUT2D eigenvalue weighted by molar-refractivity contribution is 7.99. The Hall–Kier alpha value is -2.97. The summed E-state index contributed by atoms with van der Waals surface area (Å²) >= 11 is 2.78. The SMILES string of the molecule is Cc1ccc(-c2csc(NC(=O)CSc3nnc(-c4ccc(C(C)C)cc4)n3C)n2)cc1. The Labute approximate surface area is 196 Å². The zero-order valence-electron chi connectivity index (χ0n) is 18.5. The summed E-state index contributed by atoms with van der Waals surface area (Å²) in [6.07, 6.45) is 0. The van der Waals surface area contributed by atoms with Gasteiger partial charge in [0.1, 0.15) is 0 Å². The second kappa shape index (κ2) is 9.67. The van der Waals surface area contributed by atoms with Crippen LogP contribution in [0.3, 0.4) is 0 Å². The van der Waals surface area contributed by atoms with Gasteiger partial charge in [-0.25, -0.2) is 4.98 Å². The summed E-state index contributed by atoms with van der Waals surface area (Å²) in [7, 11) is 1.92. The third-order valence-electron chi connectivity index (χ3n) is 5.10. The van der Waals surface area contributed by atoms with Gasteiger partial charge in [-0.2, -0.15) is 0 Å². The van der Waals surface area contributed by atoms with E-state index in [4.69, 9.17) is 0 Å². The standard InChI is InChI=1S/C24H25N5OS2/c1-15(2)17-9-11-19(12-10-17)22-27-28-24(29(22)4)32-14-21(30)26-23-25-20(13-31-23)18-7-5-16(3)6-8-18/h5-13,15H,14H2,1-4H3,(H,25,26,30). The number of anilines is 1. The van der Waals surface area contributed by atoms with Crippen molar-refractivity contribution in [1.29, 1.82) is 0 Å². The maximum atomic E-state index is 12.4. The van der Waals surface area contributed by atoms with Crippen molar-refractivity contribution in [2.24, 2.45) is 7.05 Å². The molecule has 0 bridgehead atoms. The number of thioether (sulfide) groups is 1. The Morgan fingerprint density at radius 2 is 1.75 bits per heavy atom. The van der Waals surface area contributed by atoms with Crippen LogP contribution in [0.2, 0.25) is 0 Å². The second-order valence-corrected chi connectivity index (χ2v) is 9.68. The Kier molecular flexibility index (Phi) is 6.72. The number of nitrogens with one attached hydrogen (secondary N) is 1. The molecule has 2 heterocycles. The summed E-state index contributed by atoms with van der Waals surface area (Å²) in [5, 5.41) is 14.7.